The number of hydrogen-bond acceptors (Lipinski definition) is 3. The smallest absolute Gasteiger partial charge is 0.168 e. The summed E-state index contributed by atoms with van der Waals surface area (Å²) >= 11 is 0. The first kappa shape index (κ1) is 14.9. The molecule has 2 aromatic rings. The highest BCUT2D eigenvalue weighted by Crippen LogP contribution is 2.40. The molecule has 0 saturated heterocycles. The van der Waals surface area contributed by atoms with Crippen LogP contribution in [0.5, 0.6) is 11.5 Å². The Hall–Kier alpha value is -2.00. The molecule has 116 valence electrons. The zero-order chi connectivity index (χ0) is 15.5. The lowest BCUT2D eigenvalue weighted by atomic mass is 9.88. The molecule has 3 rings (SSSR count). The van der Waals surface area contributed by atoms with Crippen LogP contribution in [0.3, 0.4) is 0 Å². The number of methoxy groups -OCH3 is 2. The molecule has 0 saturated carbocycles. The van der Waals surface area contributed by atoms with Crippen molar-refractivity contribution in [2.45, 2.75) is 32.2 Å². The molecule has 0 unspecified atom stereocenters. The number of nitrogens with two attached hydrogens (primary N) is 1. The number of aryl methyl sites for hydroxylation is 2. The van der Waals surface area contributed by atoms with Gasteiger partial charge in [0.1, 0.15) is 0 Å². The van der Waals surface area contributed by atoms with Gasteiger partial charge in [-0.25, -0.2) is 0 Å². The Labute approximate surface area is 132 Å². The van der Waals surface area contributed by atoms with Crippen molar-refractivity contribution in [3.05, 3.63) is 47.0 Å². The summed E-state index contributed by atoms with van der Waals surface area (Å²) in [7, 11) is 3.34. The molecule has 0 amide bonds. The summed E-state index contributed by atoms with van der Waals surface area (Å²) in [6.07, 6.45) is 4.93. The fraction of sp³-hybridized carbons (Fsp3) is 0.368. The van der Waals surface area contributed by atoms with Crippen molar-refractivity contribution in [1.29, 1.82) is 0 Å². The molecule has 3 heteroatoms. The van der Waals surface area contributed by atoms with Gasteiger partial charge in [-0.3, -0.25) is 0 Å². The monoisotopic (exact) mass is 297 g/mol. The molecule has 2 aromatic carbocycles. The number of ether oxygens (including phenoxy) is 2. The summed E-state index contributed by atoms with van der Waals surface area (Å²) < 4.78 is 11.1. The van der Waals surface area contributed by atoms with E-state index in [1.807, 2.05) is 6.07 Å². The van der Waals surface area contributed by atoms with E-state index >= 15 is 0 Å². The van der Waals surface area contributed by atoms with Crippen molar-refractivity contribution in [2.75, 3.05) is 14.2 Å². The van der Waals surface area contributed by atoms with Gasteiger partial charge in [0.15, 0.2) is 11.5 Å². The predicted octanol–water partition coefficient (Wildman–Crippen LogP) is 3.71. The summed E-state index contributed by atoms with van der Waals surface area (Å²) in [6.45, 7) is 0.484. The zero-order valence-electron chi connectivity index (χ0n) is 13.3. The van der Waals surface area contributed by atoms with Crippen LogP contribution in [-0.2, 0) is 19.4 Å². The number of hydrogen-bond donors (Lipinski definition) is 1. The first-order valence-electron chi connectivity index (χ1n) is 7.84. The largest absolute Gasteiger partial charge is 0.493 e. The van der Waals surface area contributed by atoms with Crippen molar-refractivity contribution in [1.82, 2.24) is 0 Å². The third-order valence-corrected chi connectivity index (χ3v) is 4.43. The average molecular weight is 297 g/mol. The van der Waals surface area contributed by atoms with Crippen molar-refractivity contribution in [3.8, 4) is 22.6 Å². The second kappa shape index (κ2) is 6.41. The van der Waals surface area contributed by atoms with Crippen LogP contribution in [0.25, 0.3) is 11.1 Å². The van der Waals surface area contributed by atoms with Gasteiger partial charge in [0.05, 0.1) is 14.2 Å². The summed E-state index contributed by atoms with van der Waals surface area (Å²) in [5.41, 5.74) is 12.0. The summed E-state index contributed by atoms with van der Waals surface area (Å²) in [4.78, 5) is 0. The lowest BCUT2D eigenvalue weighted by Crippen LogP contribution is -2.03. The van der Waals surface area contributed by atoms with Gasteiger partial charge in [-0.1, -0.05) is 18.2 Å². The van der Waals surface area contributed by atoms with E-state index in [9.17, 15) is 0 Å². The Morgan fingerprint density at radius 1 is 0.955 bits per heavy atom. The Morgan fingerprint density at radius 3 is 2.41 bits per heavy atom. The van der Waals surface area contributed by atoms with E-state index in [0.717, 1.165) is 22.6 Å². The molecule has 2 N–H and O–H groups in total. The maximum Gasteiger partial charge on any atom is 0.168 e. The summed E-state index contributed by atoms with van der Waals surface area (Å²) in [5.74, 6) is 1.51. The van der Waals surface area contributed by atoms with Gasteiger partial charge in [0.25, 0.3) is 0 Å². The fourth-order valence-electron chi connectivity index (χ4n) is 3.25. The first-order chi connectivity index (χ1) is 10.8. The molecule has 0 radical (unpaired) electrons. The predicted molar refractivity (Wildman–Crippen MR) is 89.5 cm³/mol. The van der Waals surface area contributed by atoms with Crippen LogP contribution in [-0.4, -0.2) is 14.2 Å². The Morgan fingerprint density at radius 2 is 1.73 bits per heavy atom. The minimum Gasteiger partial charge on any atom is -0.493 e. The average Bonchev–Trinajstić information content (AvgIpc) is 2.59. The van der Waals surface area contributed by atoms with Crippen LogP contribution in [0.2, 0.25) is 0 Å². The molecule has 1 aliphatic carbocycles. The van der Waals surface area contributed by atoms with E-state index in [1.165, 1.54) is 42.4 Å². The van der Waals surface area contributed by atoms with Crippen molar-refractivity contribution < 1.29 is 9.47 Å². The normalized spacial score (nSPS) is 13.6. The Balaban J connectivity index is 2.14. The second-order valence-electron chi connectivity index (χ2n) is 5.77. The number of rotatable bonds is 4. The fourth-order valence-corrected chi connectivity index (χ4v) is 3.25. The minimum atomic E-state index is 0.484. The molecule has 3 nitrogen and oxygen atoms in total. The second-order valence-corrected chi connectivity index (χ2v) is 5.77. The summed E-state index contributed by atoms with van der Waals surface area (Å²) in [5, 5.41) is 0. The molecule has 0 atom stereocenters. The van der Waals surface area contributed by atoms with Crippen molar-refractivity contribution >= 4 is 0 Å². The third kappa shape index (κ3) is 2.69. The van der Waals surface area contributed by atoms with E-state index in [4.69, 9.17) is 15.2 Å². The minimum absolute atomic E-state index is 0.484. The van der Waals surface area contributed by atoms with Crippen LogP contribution in [0.15, 0.2) is 30.3 Å². The lowest BCUT2D eigenvalue weighted by Gasteiger charge is -2.19. The van der Waals surface area contributed by atoms with Crippen LogP contribution >= 0.6 is 0 Å². The topological polar surface area (TPSA) is 44.5 Å². The van der Waals surface area contributed by atoms with Crippen LogP contribution in [0.1, 0.15) is 29.5 Å². The van der Waals surface area contributed by atoms with Gasteiger partial charge >= 0.3 is 0 Å². The summed E-state index contributed by atoms with van der Waals surface area (Å²) in [6, 6.07) is 10.8. The van der Waals surface area contributed by atoms with Crippen molar-refractivity contribution in [2.24, 2.45) is 5.73 Å². The highest BCUT2D eigenvalue weighted by molar-refractivity contribution is 5.75. The number of fused-ring (bicyclic) bond motifs is 1. The van der Waals surface area contributed by atoms with Crippen LogP contribution in [0, 0.1) is 0 Å². The van der Waals surface area contributed by atoms with Crippen LogP contribution in [0.4, 0.5) is 0 Å². The SMILES string of the molecule is COc1cc(CN)cc(-c2ccc3c(c2)CCCC3)c1OC. The Kier molecular flexibility index (Phi) is 4.34. The molecule has 0 aliphatic heterocycles. The highest BCUT2D eigenvalue weighted by Gasteiger charge is 2.16. The van der Waals surface area contributed by atoms with E-state index in [0.29, 0.717) is 6.54 Å². The van der Waals surface area contributed by atoms with Gasteiger partial charge in [-0.2, -0.15) is 0 Å². The first-order valence-corrected chi connectivity index (χ1v) is 7.84. The lowest BCUT2D eigenvalue weighted by molar-refractivity contribution is 0.355. The van der Waals surface area contributed by atoms with E-state index in [2.05, 4.69) is 24.3 Å². The Bertz CT molecular complexity index is 679. The van der Waals surface area contributed by atoms with Gasteiger partial charge in [-0.15, -0.1) is 0 Å². The molecule has 0 spiro atoms. The van der Waals surface area contributed by atoms with Gasteiger partial charge < -0.3 is 15.2 Å². The highest BCUT2D eigenvalue weighted by atomic mass is 16.5. The molecule has 0 bridgehead atoms. The third-order valence-electron chi connectivity index (χ3n) is 4.43. The standard InChI is InChI=1S/C19H23NO2/c1-21-18-10-13(12-20)9-17(19(18)22-2)16-8-7-14-5-3-4-6-15(14)11-16/h7-11H,3-6,12,20H2,1-2H3. The van der Waals surface area contributed by atoms with E-state index in [1.54, 1.807) is 14.2 Å². The molecule has 0 heterocycles. The quantitative estimate of drug-likeness (QED) is 0.935. The molecule has 0 fully saturated rings. The van der Waals surface area contributed by atoms with E-state index in [-0.39, 0.29) is 0 Å². The van der Waals surface area contributed by atoms with Crippen LogP contribution < -0.4 is 15.2 Å². The molecule has 1 aliphatic rings. The molecule has 0 aromatic heterocycles. The van der Waals surface area contributed by atoms with Crippen molar-refractivity contribution in [3.63, 3.8) is 0 Å². The van der Waals surface area contributed by atoms with E-state index < -0.39 is 0 Å². The van der Waals surface area contributed by atoms with Gasteiger partial charge in [0.2, 0.25) is 0 Å². The maximum atomic E-state index is 5.83. The molecular formula is C19H23NO2. The molecular weight excluding hydrogens is 274 g/mol. The van der Waals surface area contributed by atoms with Gasteiger partial charge in [-0.05, 0) is 60.1 Å². The van der Waals surface area contributed by atoms with Gasteiger partial charge in [0, 0.05) is 12.1 Å². The zero-order valence-corrected chi connectivity index (χ0v) is 13.3. The maximum absolute atomic E-state index is 5.83. The molecule has 22 heavy (non-hydrogen) atoms. The number of benzene rings is 2.